The molecule has 0 aromatic carbocycles. The molecule has 0 bridgehead atoms. The van der Waals surface area contributed by atoms with Crippen LogP contribution in [0.15, 0.2) is 12.2 Å². The number of likely N-dealkylation sites (N-methyl/N-ethyl adjacent to an activating group) is 1. The van der Waals surface area contributed by atoms with Crippen molar-refractivity contribution < 1.29 is 5.11 Å². The molecule has 0 aliphatic heterocycles. The van der Waals surface area contributed by atoms with E-state index in [4.69, 9.17) is 5.11 Å². The van der Waals surface area contributed by atoms with Gasteiger partial charge in [0.2, 0.25) is 0 Å². The third-order valence-electron chi connectivity index (χ3n) is 1.32. The number of hydrogen-bond acceptors (Lipinski definition) is 2. The topological polar surface area (TPSA) is 32.3 Å². The number of hydrogen-bond donors (Lipinski definition) is 2. The van der Waals surface area contributed by atoms with Crippen LogP contribution in [0.25, 0.3) is 0 Å². The van der Waals surface area contributed by atoms with Gasteiger partial charge < -0.3 is 10.4 Å². The largest absolute Gasteiger partial charge is 0.387 e. The average molecular weight is 113 g/mol. The van der Waals surface area contributed by atoms with Crippen LogP contribution in [0.4, 0.5) is 0 Å². The highest BCUT2D eigenvalue weighted by molar-refractivity contribution is 5.14. The van der Waals surface area contributed by atoms with Gasteiger partial charge in [0.05, 0.1) is 12.1 Å². The van der Waals surface area contributed by atoms with Crippen molar-refractivity contribution in [2.45, 2.75) is 19.1 Å². The first kappa shape index (κ1) is 5.79. The highest BCUT2D eigenvalue weighted by atomic mass is 16.3. The Balaban J connectivity index is 2.20. The predicted octanol–water partition coefficient (Wildman–Crippen LogP) is -0.105. The molecule has 2 nitrogen and oxygen atoms in total. The molecule has 0 aromatic heterocycles. The third-order valence-corrected chi connectivity index (χ3v) is 1.32. The van der Waals surface area contributed by atoms with Gasteiger partial charge in [0.1, 0.15) is 0 Å². The quantitative estimate of drug-likeness (QED) is 0.490. The van der Waals surface area contributed by atoms with Crippen LogP contribution < -0.4 is 5.32 Å². The minimum atomic E-state index is -0.241. The monoisotopic (exact) mass is 113 g/mol. The smallest absolute Gasteiger partial charge is 0.0910 e. The van der Waals surface area contributed by atoms with Gasteiger partial charge >= 0.3 is 0 Å². The normalized spacial score (nSPS) is 34.8. The maximum atomic E-state index is 8.89. The van der Waals surface area contributed by atoms with E-state index < -0.39 is 0 Å². The third kappa shape index (κ3) is 0.904. The molecule has 2 unspecified atom stereocenters. The lowest BCUT2D eigenvalue weighted by Gasteiger charge is -2.24. The fourth-order valence-corrected chi connectivity index (χ4v) is 0.746. The first-order valence-corrected chi connectivity index (χ1v) is 2.94. The zero-order chi connectivity index (χ0) is 5.98. The Kier molecular flexibility index (Phi) is 1.65. The van der Waals surface area contributed by atoms with E-state index in [1.807, 2.05) is 13.0 Å². The summed E-state index contributed by atoms with van der Waals surface area (Å²) in [4.78, 5) is 0. The lowest BCUT2D eigenvalue weighted by molar-refractivity contribution is 0.172. The van der Waals surface area contributed by atoms with Crippen LogP contribution in [0.2, 0.25) is 0 Å². The SMILES string of the molecule is CCNC1C=CC1O. The van der Waals surface area contributed by atoms with Crippen LogP contribution in [0.1, 0.15) is 6.92 Å². The minimum absolute atomic E-state index is 0.222. The van der Waals surface area contributed by atoms with Crippen molar-refractivity contribution in [1.29, 1.82) is 0 Å². The summed E-state index contributed by atoms with van der Waals surface area (Å²) in [5.41, 5.74) is 0. The second-order valence-electron chi connectivity index (χ2n) is 1.96. The van der Waals surface area contributed by atoms with Crippen molar-refractivity contribution in [2.75, 3.05) is 6.54 Å². The molecule has 2 atom stereocenters. The van der Waals surface area contributed by atoms with E-state index in [2.05, 4.69) is 5.32 Å². The van der Waals surface area contributed by atoms with Gasteiger partial charge in [-0.05, 0) is 6.54 Å². The van der Waals surface area contributed by atoms with Crippen molar-refractivity contribution >= 4 is 0 Å². The summed E-state index contributed by atoms with van der Waals surface area (Å²) in [6, 6.07) is 0.222. The standard InChI is InChI=1S/C6H11NO/c1-2-7-5-3-4-6(5)8/h3-8H,2H2,1H3. The summed E-state index contributed by atoms with van der Waals surface area (Å²) in [6.45, 7) is 2.95. The molecule has 0 heterocycles. The molecule has 0 amide bonds. The van der Waals surface area contributed by atoms with Crippen LogP contribution in [-0.2, 0) is 0 Å². The molecule has 0 fully saturated rings. The minimum Gasteiger partial charge on any atom is -0.387 e. The van der Waals surface area contributed by atoms with Crippen molar-refractivity contribution in [1.82, 2.24) is 5.32 Å². The molecule has 0 saturated heterocycles. The maximum absolute atomic E-state index is 8.89. The molecule has 8 heavy (non-hydrogen) atoms. The summed E-state index contributed by atoms with van der Waals surface area (Å²) in [5, 5.41) is 12.0. The Morgan fingerprint density at radius 3 is 2.50 bits per heavy atom. The summed E-state index contributed by atoms with van der Waals surface area (Å²) in [6.07, 6.45) is 3.51. The van der Waals surface area contributed by atoms with E-state index in [0.29, 0.717) is 0 Å². The van der Waals surface area contributed by atoms with Gasteiger partial charge in [-0.15, -0.1) is 0 Å². The van der Waals surface area contributed by atoms with Gasteiger partial charge in [-0.1, -0.05) is 19.1 Å². The van der Waals surface area contributed by atoms with E-state index in [1.165, 1.54) is 0 Å². The van der Waals surface area contributed by atoms with Gasteiger partial charge in [-0.3, -0.25) is 0 Å². The Morgan fingerprint density at radius 1 is 1.62 bits per heavy atom. The first-order chi connectivity index (χ1) is 3.84. The molecular weight excluding hydrogens is 102 g/mol. The Labute approximate surface area is 49.2 Å². The Morgan fingerprint density at radius 2 is 2.38 bits per heavy atom. The van der Waals surface area contributed by atoms with Crippen LogP contribution in [0, 0.1) is 0 Å². The first-order valence-electron chi connectivity index (χ1n) is 2.94. The number of aliphatic hydroxyl groups excluding tert-OH is 1. The van der Waals surface area contributed by atoms with E-state index in [9.17, 15) is 0 Å². The predicted molar refractivity (Wildman–Crippen MR) is 32.6 cm³/mol. The van der Waals surface area contributed by atoms with E-state index >= 15 is 0 Å². The summed E-state index contributed by atoms with van der Waals surface area (Å²) in [7, 11) is 0. The van der Waals surface area contributed by atoms with Gasteiger partial charge in [0, 0.05) is 0 Å². The molecule has 2 N–H and O–H groups in total. The van der Waals surface area contributed by atoms with Gasteiger partial charge in [0.25, 0.3) is 0 Å². The Hall–Kier alpha value is -0.340. The second-order valence-corrected chi connectivity index (χ2v) is 1.96. The fourth-order valence-electron chi connectivity index (χ4n) is 0.746. The van der Waals surface area contributed by atoms with Gasteiger partial charge in [-0.25, -0.2) is 0 Å². The molecule has 1 aliphatic carbocycles. The molecule has 46 valence electrons. The van der Waals surface area contributed by atoms with Crippen molar-refractivity contribution in [3.05, 3.63) is 12.2 Å². The van der Waals surface area contributed by atoms with Crippen molar-refractivity contribution in [3.8, 4) is 0 Å². The molecule has 0 aromatic rings. The molecule has 1 rings (SSSR count). The van der Waals surface area contributed by atoms with E-state index in [1.54, 1.807) is 6.08 Å². The average Bonchev–Trinajstić information content (AvgIpc) is 1.79. The second kappa shape index (κ2) is 2.29. The van der Waals surface area contributed by atoms with Gasteiger partial charge in [-0.2, -0.15) is 0 Å². The van der Waals surface area contributed by atoms with Crippen LogP contribution >= 0.6 is 0 Å². The molecular formula is C6H11NO. The lowest BCUT2D eigenvalue weighted by Crippen LogP contribution is -2.42. The molecule has 1 aliphatic rings. The van der Waals surface area contributed by atoms with Crippen molar-refractivity contribution in [2.24, 2.45) is 0 Å². The fraction of sp³-hybridized carbons (Fsp3) is 0.667. The molecule has 2 heteroatoms. The van der Waals surface area contributed by atoms with Crippen LogP contribution in [-0.4, -0.2) is 23.8 Å². The van der Waals surface area contributed by atoms with Crippen LogP contribution in [0.5, 0.6) is 0 Å². The summed E-state index contributed by atoms with van der Waals surface area (Å²) in [5.74, 6) is 0. The zero-order valence-electron chi connectivity index (χ0n) is 4.96. The maximum Gasteiger partial charge on any atom is 0.0910 e. The van der Waals surface area contributed by atoms with Gasteiger partial charge in [0.15, 0.2) is 0 Å². The molecule has 0 saturated carbocycles. The summed E-state index contributed by atoms with van der Waals surface area (Å²) < 4.78 is 0. The van der Waals surface area contributed by atoms with Crippen molar-refractivity contribution in [3.63, 3.8) is 0 Å². The number of aliphatic hydroxyl groups is 1. The highest BCUT2D eigenvalue weighted by Crippen LogP contribution is 2.07. The number of rotatable bonds is 2. The lowest BCUT2D eigenvalue weighted by atomic mass is 10.0. The Bertz CT molecular complexity index is 101. The van der Waals surface area contributed by atoms with Crippen LogP contribution in [0.3, 0.4) is 0 Å². The summed E-state index contributed by atoms with van der Waals surface area (Å²) >= 11 is 0. The zero-order valence-corrected chi connectivity index (χ0v) is 4.96. The highest BCUT2D eigenvalue weighted by Gasteiger charge is 2.18. The molecule has 0 radical (unpaired) electrons. The van der Waals surface area contributed by atoms with E-state index in [0.717, 1.165) is 6.54 Å². The molecule has 0 spiro atoms. The number of nitrogens with one attached hydrogen (secondary N) is 1. The van der Waals surface area contributed by atoms with E-state index in [-0.39, 0.29) is 12.1 Å².